The number of fused-ring (bicyclic) bond motifs is 1. The van der Waals surface area contributed by atoms with Crippen molar-refractivity contribution in [3.05, 3.63) is 35.4 Å². The molecule has 1 aromatic rings. The summed E-state index contributed by atoms with van der Waals surface area (Å²) in [5, 5.41) is 8.42. The fraction of sp³-hybridized carbons (Fsp3) is 0.400. The van der Waals surface area contributed by atoms with Crippen molar-refractivity contribution in [2.24, 2.45) is 0 Å². The summed E-state index contributed by atoms with van der Waals surface area (Å²) in [5.74, 6) is 1.49. The van der Waals surface area contributed by atoms with Crippen LogP contribution in [0.25, 0.3) is 0 Å². The number of hydrogen-bond donors (Lipinski definition) is 0. The van der Waals surface area contributed by atoms with Gasteiger partial charge in [-0.3, -0.25) is 14.5 Å². The van der Waals surface area contributed by atoms with Crippen LogP contribution in [0.1, 0.15) is 40.0 Å². The Hall–Kier alpha value is -1.80. The SMILES string of the molecule is N#CCCCSCCCN1C(=O)c2ccccc2C1=O. The number of benzene rings is 1. The van der Waals surface area contributed by atoms with Gasteiger partial charge in [0.05, 0.1) is 17.2 Å². The molecule has 104 valence electrons. The van der Waals surface area contributed by atoms with E-state index in [2.05, 4.69) is 6.07 Å². The molecule has 1 aliphatic rings. The standard InChI is InChI=1S/C15H16N2O2S/c16-8-3-4-10-20-11-5-9-17-14(18)12-6-1-2-7-13(12)15(17)19/h1-2,6-7H,3-5,9-11H2. The van der Waals surface area contributed by atoms with Crippen molar-refractivity contribution in [1.29, 1.82) is 5.26 Å². The molecule has 0 bridgehead atoms. The van der Waals surface area contributed by atoms with E-state index in [-0.39, 0.29) is 11.8 Å². The van der Waals surface area contributed by atoms with Crippen LogP contribution in [0.5, 0.6) is 0 Å². The number of unbranched alkanes of at least 4 members (excludes halogenated alkanes) is 1. The molecule has 0 aromatic heterocycles. The van der Waals surface area contributed by atoms with Gasteiger partial charge in [0.1, 0.15) is 0 Å². The lowest BCUT2D eigenvalue weighted by Crippen LogP contribution is -2.31. The normalized spacial score (nSPS) is 13.4. The molecule has 4 nitrogen and oxygen atoms in total. The number of amides is 2. The molecular formula is C15H16N2O2S. The second kappa shape index (κ2) is 7.11. The van der Waals surface area contributed by atoms with Crippen LogP contribution in [0.2, 0.25) is 0 Å². The molecule has 0 saturated heterocycles. The monoisotopic (exact) mass is 288 g/mol. The van der Waals surface area contributed by atoms with E-state index in [0.29, 0.717) is 24.1 Å². The Labute approximate surface area is 122 Å². The minimum absolute atomic E-state index is 0.180. The molecule has 1 aliphatic heterocycles. The molecule has 2 amide bonds. The first-order valence-corrected chi connectivity index (χ1v) is 7.81. The summed E-state index contributed by atoms with van der Waals surface area (Å²) in [6, 6.07) is 9.07. The zero-order chi connectivity index (χ0) is 14.4. The molecule has 0 fully saturated rings. The maximum absolute atomic E-state index is 12.1. The molecule has 1 aromatic carbocycles. The van der Waals surface area contributed by atoms with Gasteiger partial charge in [-0.05, 0) is 36.5 Å². The first-order chi connectivity index (χ1) is 9.75. The molecule has 1 heterocycles. The molecule has 2 rings (SSSR count). The Balaban J connectivity index is 1.77. The lowest BCUT2D eigenvalue weighted by molar-refractivity contribution is 0.0655. The number of nitrogens with zero attached hydrogens (tertiary/aromatic N) is 2. The summed E-state index contributed by atoms with van der Waals surface area (Å²) < 4.78 is 0. The van der Waals surface area contributed by atoms with Crippen LogP contribution in [0.15, 0.2) is 24.3 Å². The highest BCUT2D eigenvalue weighted by Crippen LogP contribution is 2.22. The summed E-state index contributed by atoms with van der Waals surface area (Å²) in [6.45, 7) is 0.470. The molecule has 0 saturated carbocycles. The largest absolute Gasteiger partial charge is 0.274 e. The highest BCUT2D eigenvalue weighted by molar-refractivity contribution is 7.99. The zero-order valence-corrected chi connectivity index (χ0v) is 12.0. The smallest absolute Gasteiger partial charge is 0.261 e. The second-order valence-corrected chi connectivity index (χ2v) is 5.76. The van der Waals surface area contributed by atoms with E-state index in [1.807, 2.05) is 0 Å². The van der Waals surface area contributed by atoms with Gasteiger partial charge in [0.15, 0.2) is 0 Å². The maximum Gasteiger partial charge on any atom is 0.261 e. The van der Waals surface area contributed by atoms with Gasteiger partial charge >= 0.3 is 0 Å². The Bertz CT molecular complexity index is 516. The van der Waals surface area contributed by atoms with E-state index in [9.17, 15) is 9.59 Å². The van der Waals surface area contributed by atoms with Gasteiger partial charge in [0.25, 0.3) is 11.8 Å². The highest BCUT2D eigenvalue weighted by Gasteiger charge is 2.34. The summed E-state index contributed by atoms with van der Waals surface area (Å²) in [4.78, 5) is 25.5. The number of hydrogen-bond acceptors (Lipinski definition) is 4. The predicted molar refractivity (Wildman–Crippen MR) is 78.6 cm³/mol. The van der Waals surface area contributed by atoms with Crippen molar-refractivity contribution in [3.63, 3.8) is 0 Å². The lowest BCUT2D eigenvalue weighted by Gasteiger charge is -2.13. The number of carbonyl (C=O) groups is 2. The third kappa shape index (κ3) is 3.20. The molecular weight excluding hydrogens is 272 g/mol. The van der Waals surface area contributed by atoms with Gasteiger partial charge in [-0.25, -0.2) is 0 Å². The van der Waals surface area contributed by atoms with E-state index >= 15 is 0 Å². The molecule has 0 atom stereocenters. The minimum Gasteiger partial charge on any atom is -0.274 e. The third-order valence-corrected chi connectivity index (χ3v) is 4.28. The summed E-state index contributed by atoms with van der Waals surface area (Å²) in [6.07, 6.45) is 2.28. The van der Waals surface area contributed by atoms with Crippen LogP contribution >= 0.6 is 11.8 Å². The van der Waals surface area contributed by atoms with Crippen LogP contribution in [-0.4, -0.2) is 34.8 Å². The number of nitriles is 1. The number of rotatable bonds is 7. The Morgan fingerprint density at radius 1 is 1.05 bits per heavy atom. The maximum atomic E-state index is 12.1. The van der Waals surface area contributed by atoms with Gasteiger partial charge in [0.2, 0.25) is 0 Å². The number of thioether (sulfide) groups is 1. The van der Waals surface area contributed by atoms with E-state index in [1.165, 1.54) is 4.90 Å². The van der Waals surface area contributed by atoms with Crippen molar-refractivity contribution in [2.45, 2.75) is 19.3 Å². The molecule has 20 heavy (non-hydrogen) atoms. The molecule has 0 aliphatic carbocycles. The number of carbonyl (C=O) groups excluding carboxylic acids is 2. The van der Waals surface area contributed by atoms with Crippen LogP contribution in [0, 0.1) is 11.3 Å². The highest BCUT2D eigenvalue weighted by atomic mass is 32.2. The second-order valence-electron chi connectivity index (χ2n) is 4.54. The Morgan fingerprint density at radius 3 is 2.25 bits per heavy atom. The van der Waals surface area contributed by atoms with Crippen LogP contribution in [0.4, 0.5) is 0 Å². The van der Waals surface area contributed by atoms with Crippen LogP contribution in [-0.2, 0) is 0 Å². The van der Waals surface area contributed by atoms with E-state index in [4.69, 9.17) is 5.26 Å². The summed E-state index contributed by atoms with van der Waals surface area (Å²) in [5.41, 5.74) is 1.03. The van der Waals surface area contributed by atoms with Gasteiger partial charge in [0, 0.05) is 13.0 Å². The minimum atomic E-state index is -0.180. The fourth-order valence-corrected chi connectivity index (χ4v) is 3.01. The van der Waals surface area contributed by atoms with Gasteiger partial charge in [-0.2, -0.15) is 17.0 Å². The Kier molecular flexibility index (Phi) is 5.19. The third-order valence-electron chi connectivity index (χ3n) is 3.13. The van der Waals surface area contributed by atoms with Gasteiger partial charge < -0.3 is 0 Å². The lowest BCUT2D eigenvalue weighted by atomic mass is 10.1. The number of imide groups is 1. The molecule has 0 spiro atoms. The van der Waals surface area contributed by atoms with Gasteiger partial charge in [-0.1, -0.05) is 12.1 Å². The first-order valence-electron chi connectivity index (χ1n) is 6.65. The molecule has 0 radical (unpaired) electrons. The molecule has 5 heteroatoms. The van der Waals surface area contributed by atoms with Crippen LogP contribution < -0.4 is 0 Å². The van der Waals surface area contributed by atoms with Crippen molar-refractivity contribution in [1.82, 2.24) is 4.90 Å². The molecule has 0 unspecified atom stereocenters. The fourth-order valence-electron chi connectivity index (χ4n) is 2.12. The Morgan fingerprint density at radius 2 is 1.65 bits per heavy atom. The van der Waals surface area contributed by atoms with Crippen molar-refractivity contribution >= 4 is 23.6 Å². The summed E-state index contributed by atoms with van der Waals surface area (Å²) in [7, 11) is 0. The van der Waals surface area contributed by atoms with E-state index in [1.54, 1.807) is 36.0 Å². The average Bonchev–Trinajstić information content (AvgIpc) is 2.71. The topological polar surface area (TPSA) is 61.2 Å². The van der Waals surface area contributed by atoms with Gasteiger partial charge in [-0.15, -0.1) is 0 Å². The first kappa shape index (κ1) is 14.6. The van der Waals surface area contributed by atoms with Crippen LogP contribution in [0.3, 0.4) is 0 Å². The van der Waals surface area contributed by atoms with Crippen molar-refractivity contribution in [3.8, 4) is 6.07 Å². The van der Waals surface area contributed by atoms with Crippen molar-refractivity contribution in [2.75, 3.05) is 18.1 Å². The van der Waals surface area contributed by atoms with E-state index < -0.39 is 0 Å². The summed E-state index contributed by atoms with van der Waals surface area (Å²) >= 11 is 1.76. The van der Waals surface area contributed by atoms with Crippen molar-refractivity contribution < 1.29 is 9.59 Å². The van der Waals surface area contributed by atoms with E-state index in [0.717, 1.165) is 24.3 Å². The molecule has 0 N–H and O–H groups in total. The predicted octanol–water partition coefficient (Wildman–Crippen LogP) is 2.71. The average molecular weight is 288 g/mol. The zero-order valence-electron chi connectivity index (χ0n) is 11.2. The quantitative estimate of drug-likeness (QED) is 0.571.